The van der Waals surface area contributed by atoms with Crippen LogP contribution < -0.4 is 16.0 Å². The number of alkyl halides is 3. The molecular formula is C28H29F3N8O2. The lowest BCUT2D eigenvalue weighted by Gasteiger charge is -2.25. The monoisotopic (exact) mass is 566 g/mol. The molecule has 0 unspecified atom stereocenters. The molecule has 1 fully saturated rings. The number of hydrogen-bond donors (Lipinski definition) is 3. The number of nitrogens with zero attached hydrogens (tertiary/aromatic N) is 5. The normalized spacial score (nSPS) is 14.1. The third kappa shape index (κ3) is 6.81. The predicted octanol–water partition coefficient (Wildman–Crippen LogP) is 4.86. The highest BCUT2D eigenvalue weighted by Gasteiger charge is 2.31. The lowest BCUT2D eigenvalue weighted by molar-refractivity contribution is -0.137. The maximum Gasteiger partial charge on any atom is 0.416 e. The number of amides is 1. The minimum atomic E-state index is -4.54. The van der Waals surface area contributed by atoms with Gasteiger partial charge in [-0.3, -0.25) is 9.69 Å². The van der Waals surface area contributed by atoms with Crippen molar-refractivity contribution >= 4 is 28.9 Å². The minimum absolute atomic E-state index is 0.0927. The Balaban J connectivity index is 1.42. The number of rotatable bonds is 8. The van der Waals surface area contributed by atoms with Gasteiger partial charge in [-0.25, -0.2) is 9.97 Å². The van der Waals surface area contributed by atoms with Crippen molar-refractivity contribution in [3.8, 4) is 5.82 Å². The van der Waals surface area contributed by atoms with Crippen molar-refractivity contribution in [3.05, 3.63) is 83.3 Å². The van der Waals surface area contributed by atoms with Crippen molar-refractivity contribution in [2.45, 2.75) is 19.6 Å². The van der Waals surface area contributed by atoms with Crippen LogP contribution in [0.5, 0.6) is 0 Å². The summed E-state index contributed by atoms with van der Waals surface area (Å²) in [6.07, 6.45) is -3.10. The summed E-state index contributed by atoms with van der Waals surface area (Å²) in [6.45, 7) is 5.48. The molecule has 5 rings (SSSR count). The van der Waals surface area contributed by atoms with Crippen LogP contribution in [0.2, 0.25) is 0 Å². The summed E-state index contributed by atoms with van der Waals surface area (Å²) in [5.74, 6) is 1.16. The van der Waals surface area contributed by atoms with Crippen LogP contribution in [-0.2, 0) is 17.5 Å². The van der Waals surface area contributed by atoms with E-state index in [1.54, 1.807) is 29.9 Å². The van der Waals surface area contributed by atoms with Gasteiger partial charge in [0.1, 0.15) is 18.0 Å². The number of carbonyl (C=O) groups excluding carboxylic acids is 1. The number of anilines is 4. The van der Waals surface area contributed by atoms with E-state index in [1.807, 2.05) is 19.1 Å². The Hall–Kier alpha value is -4.49. The second-order valence-corrected chi connectivity index (χ2v) is 9.52. The summed E-state index contributed by atoms with van der Waals surface area (Å²) in [6, 6.07) is 13.2. The molecule has 13 heteroatoms. The van der Waals surface area contributed by atoms with Crippen LogP contribution in [0.4, 0.5) is 36.2 Å². The average Bonchev–Trinajstić information content (AvgIpc) is 3.36. The summed E-state index contributed by atoms with van der Waals surface area (Å²) in [7, 11) is 1.76. The molecule has 0 bridgehead atoms. The van der Waals surface area contributed by atoms with E-state index in [9.17, 15) is 18.0 Å². The van der Waals surface area contributed by atoms with E-state index in [1.165, 1.54) is 18.5 Å². The van der Waals surface area contributed by atoms with Gasteiger partial charge in [0, 0.05) is 55.8 Å². The molecular weight excluding hydrogens is 537 g/mol. The van der Waals surface area contributed by atoms with Crippen LogP contribution in [0.25, 0.3) is 5.82 Å². The molecule has 1 amide bonds. The third-order valence-corrected chi connectivity index (χ3v) is 6.59. The number of aryl methyl sites for hydroxylation is 1. The van der Waals surface area contributed by atoms with Crippen LogP contribution in [-0.4, -0.2) is 63.9 Å². The Bertz CT molecular complexity index is 1530. The molecule has 0 spiro atoms. The standard InChI is InChI=1S/C28H29F3N8O2/c1-18-6-7-21(35-27(40)19-4-3-5-20(12-19)28(29,30)31)13-23(18)36-26-14-22(16-38-8-10-41-11-9-38)37-39(26)25-15-24(32-2)33-17-34-25/h3-7,12-15,17,36H,8-11,16H2,1-2H3,(H,35,40)(H,32,33,34). The van der Waals surface area contributed by atoms with E-state index in [-0.39, 0.29) is 5.56 Å². The topological polar surface area (TPSA) is 109 Å². The lowest BCUT2D eigenvalue weighted by atomic mass is 10.1. The lowest BCUT2D eigenvalue weighted by Crippen LogP contribution is -2.35. The van der Waals surface area contributed by atoms with Crippen molar-refractivity contribution in [2.75, 3.05) is 49.3 Å². The first-order chi connectivity index (χ1) is 19.7. The molecule has 41 heavy (non-hydrogen) atoms. The third-order valence-electron chi connectivity index (χ3n) is 6.59. The molecule has 1 aliphatic rings. The number of halogens is 3. The van der Waals surface area contributed by atoms with Crippen LogP contribution in [0.15, 0.2) is 60.9 Å². The first-order valence-electron chi connectivity index (χ1n) is 12.9. The summed E-state index contributed by atoms with van der Waals surface area (Å²) < 4.78 is 46.5. The van der Waals surface area contributed by atoms with E-state index in [0.717, 1.165) is 36.5 Å². The smallest absolute Gasteiger partial charge is 0.379 e. The fourth-order valence-corrected chi connectivity index (χ4v) is 4.37. The number of nitrogens with one attached hydrogen (secondary N) is 3. The van der Waals surface area contributed by atoms with Crippen LogP contribution in [0.1, 0.15) is 27.2 Å². The van der Waals surface area contributed by atoms with E-state index >= 15 is 0 Å². The molecule has 2 aromatic carbocycles. The molecule has 214 valence electrons. The molecule has 4 aromatic rings. The van der Waals surface area contributed by atoms with Crippen LogP contribution in [0.3, 0.4) is 0 Å². The fraction of sp³-hybridized carbons (Fsp3) is 0.286. The van der Waals surface area contributed by atoms with Gasteiger partial charge < -0.3 is 20.7 Å². The van der Waals surface area contributed by atoms with E-state index < -0.39 is 17.6 Å². The molecule has 0 aliphatic carbocycles. The van der Waals surface area contributed by atoms with Gasteiger partial charge in [0.25, 0.3) is 5.91 Å². The van der Waals surface area contributed by atoms with Crippen molar-refractivity contribution in [1.82, 2.24) is 24.6 Å². The Morgan fingerprint density at radius 3 is 2.61 bits per heavy atom. The van der Waals surface area contributed by atoms with Gasteiger partial charge >= 0.3 is 6.18 Å². The fourth-order valence-electron chi connectivity index (χ4n) is 4.37. The zero-order valence-electron chi connectivity index (χ0n) is 22.5. The summed E-state index contributed by atoms with van der Waals surface area (Å²) >= 11 is 0. The van der Waals surface area contributed by atoms with Crippen molar-refractivity contribution in [1.29, 1.82) is 0 Å². The van der Waals surface area contributed by atoms with Gasteiger partial charge in [0.2, 0.25) is 0 Å². The molecule has 0 atom stereocenters. The highest BCUT2D eigenvalue weighted by molar-refractivity contribution is 6.04. The molecule has 1 saturated heterocycles. The average molecular weight is 567 g/mol. The first kappa shape index (κ1) is 28.1. The van der Waals surface area contributed by atoms with Crippen LogP contribution >= 0.6 is 0 Å². The molecule has 10 nitrogen and oxygen atoms in total. The number of aromatic nitrogens is 4. The maximum absolute atomic E-state index is 13.1. The van der Waals surface area contributed by atoms with Crippen LogP contribution in [0, 0.1) is 6.92 Å². The second-order valence-electron chi connectivity index (χ2n) is 9.52. The molecule has 1 aliphatic heterocycles. The predicted molar refractivity (Wildman–Crippen MR) is 149 cm³/mol. The number of hydrogen-bond acceptors (Lipinski definition) is 8. The maximum atomic E-state index is 13.1. The summed E-state index contributed by atoms with van der Waals surface area (Å²) in [5, 5.41) is 13.9. The van der Waals surface area contributed by atoms with Gasteiger partial charge in [-0.05, 0) is 42.8 Å². The Labute approximate surface area is 234 Å². The number of carbonyl (C=O) groups is 1. The van der Waals surface area contributed by atoms with Crippen molar-refractivity contribution < 1.29 is 22.7 Å². The van der Waals surface area contributed by atoms with Gasteiger partial charge in [0.15, 0.2) is 5.82 Å². The van der Waals surface area contributed by atoms with E-state index in [4.69, 9.17) is 9.84 Å². The SMILES string of the molecule is CNc1cc(-n2nc(CN3CCOCC3)cc2Nc2cc(NC(=O)c3cccc(C(F)(F)F)c3)ccc2C)ncn1. The van der Waals surface area contributed by atoms with E-state index in [2.05, 4.69) is 30.8 Å². The summed E-state index contributed by atoms with van der Waals surface area (Å²) in [5.41, 5.74) is 1.82. The quantitative estimate of drug-likeness (QED) is 0.278. The molecule has 0 radical (unpaired) electrons. The van der Waals surface area contributed by atoms with E-state index in [0.29, 0.717) is 48.6 Å². The second kappa shape index (κ2) is 11.9. The first-order valence-corrected chi connectivity index (χ1v) is 12.9. The van der Waals surface area contributed by atoms with Gasteiger partial charge in [-0.1, -0.05) is 12.1 Å². The minimum Gasteiger partial charge on any atom is -0.379 e. The summed E-state index contributed by atoms with van der Waals surface area (Å²) in [4.78, 5) is 23.6. The highest BCUT2D eigenvalue weighted by atomic mass is 19.4. The van der Waals surface area contributed by atoms with Crippen molar-refractivity contribution in [2.24, 2.45) is 0 Å². The Kier molecular flexibility index (Phi) is 8.17. The van der Waals surface area contributed by atoms with Gasteiger partial charge in [-0.2, -0.15) is 23.0 Å². The zero-order chi connectivity index (χ0) is 29.0. The largest absolute Gasteiger partial charge is 0.416 e. The molecule has 3 heterocycles. The molecule has 3 N–H and O–H groups in total. The van der Waals surface area contributed by atoms with Gasteiger partial charge in [-0.15, -0.1) is 0 Å². The van der Waals surface area contributed by atoms with Crippen molar-refractivity contribution in [3.63, 3.8) is 0 Å². The van der Waals surface area contributed by atoms with Gasteiger partial charge in [0.05, 0.1) is 24.5 Å². The molecule has 0 saturated carbocycles. The molecule has 2 aromatic heterocycles. The number of morpholine rings is 1. The Morgan fingerprint density at radius 1 is 1.05 bits per heavy atom. The highest BCUT2D eigenvalue weighted by Crippen LogP contribution is 2.30. The number of benzene rings is 2. The Morgan fingerprint density at radius 2 is 1.85 bits per heavy atom. The number of ether oxygens (including phenoxy) is 1. The zero-order valence-corrected chi connectivity index (χ0v) is 22.5.